The van der Waals surface area contributed by atoms with Crippen LogP contribution in [0.2, 0.25) is 0 Å². The van der Waals surface area contributed by atoms with Gasteiger partial charge in [0.05, 0.1) is 0 Å². The minimum absolute atomic E-state index is 0.237. The molecule has 2 heteroatoms. The van der Waals surface area contributed by atoms with E-state index < -0.39 is 0 Å². The third-order valence-electron chi connectivity index (χ3n) is 5.33. The van der Waals surface area contributed by atoms with Gasteiger partial charge in [-0.2, -0.15) is 0 Å². The Kier molecular flexibility index (Phi) is 11.1. The number of phenols is 1. The van der Waals surface area contributed by atoms with Crippen LogP contribution < -0.4 is 0 Å². The van der Waals surface area contributed by atoms with Crippen LogP contribution in [0, 0.1) is 0 Å². The fraction of sp³-hybridized carbons (Fsp3) is 0.500. The lowest BCUT2D eigenvalue weighted by molar-refractivity contribution is -0.118. The molecule has 0 radical (unpaired) electrons. The maximum Gasteiger partial charge on any atom is 0.137 e. The second kappa shape index (κ2) is 14.0. The zero-order valence-corrected chi connectivity index (χ0v) is 17.2. The molecule has 0 aliphatic heterocycles. The van der Waals surface area contributed by atoms with Gasteiger partial charge in [0.25, 0.3) is 0 Å². The zero-order chi connectivity index (χ0) is 19.9. The predicted octanol–water partition coefficient (Wildman–Crippen LogP) is 7.04. The van der Waals surface area contributed by atoms with Crippen molar-refractivity contribution in [1.82, 2.24) is 0 Å². The summed E-state index contributed by atoms with van der Waals surface area (Å²) in [6, 6.07) is 17.8. The third-order valence-corrected chi connectivity index (χ3v) is 5.33. The van der Waals surface area contributed by atoms with Gasteiger partial charge < -0.3 is 5.11 Å². The van der Waals surface area contributed by atoms with Gasteiger partial charge in [0.15, 0.2) is 0 Å². The first-order valence-corrected chi connectivity index (χ1v) is 11.1. The largest absolute Gasteiger partial charge is 0.508 e. The van der Waals surface area contributed by atoms with E-state index in [4.69, 9.17) is 0 Å². The normalized spacial score (nSPS) is 10.9. The van der Waals surface area contributed by atoms with Crippen molar-refractivity contribution in [1.29, 1.82) is 0 Å². The summed E-state index contributed by atoms with van der Waals surface area (Å²) in [5.74, 6) is 0.516. The van der Waals surface area contributed by atoms with Crippen LogP contribution >= 0.6 is 0 Å². The number of Topliss-reactive ketones (excluding diaryl/α,β-unsaturated/α-hetero) is 1. The fourth-order valence-corrected chi connectivity index (χ4v) is 3.69. The lowest BCUT2D eigenvalue weighted by Gasteiger charge is -2.04. The molecule has 2 aromatic carbocycles. The van der Waals surface area contributed by atoms with Crippen molar-refractivity contribution in [2.75, 3.05) is 0 Å². The van der Waals surface area contributed by atoms with E-state index in [9.17, 15) is 9.90 Å². The second-order valence-corrected chi connectivity index (χ2v) is 7.91. The summed E-state index contributed by atoms with van der Waals surface area (Å²) in [5, 5.41) is 9.44. The Labute approximate surface area is 171 Å². The average Bonchev–Trinajstić information content (AvgIpc) is 2.69. The summed E-state index contributed by atoms with van der Waals surface area (Å²) in [6.07, 6.45) is 15.1. The molecule has 28 heavy (non-hydrogen) atoms. The standard InChI is InChI=1S/C26H36O2/c27-25(21-24-18-14-20-26(28)22-24)19-13-8-6-4-2-1-3-5-7-10-15-23-16-11-9-12-17-23/h9,11-12,14,16-18,20,22,28H,1-8,10,13,15,19,21H2. The average molecular weight is 381 g/mol. The molecule has 152 valence electrons. The molecule has 0 heterocycles. The number of ketones is 1. The van der Waals surface area contributed by atoms with E-state index in [-0.39, 0.29) is 11.5 Å². The quantitative estimate of drug-likeness (QED) is 0.336. The molecule has 2 nitrogen and oxygen atoms in total. The summed E-state index contributed by atoms with van der Waals surface area (Å²) in [6.45, 7) is 0. The maximum absolute atomic E-state index is 12.0. The molecule has 0 aromatic heterocycles. The number of phenolic OH excluding ortho intramolecular Hbond substituents is 1. The van der Waals surface area contributed by atoms with Gasteiger partial charge in [-0.1, -0.05) is 93.8 Å². The molecule has 0 fully saturated rings. The van der Waals surface area contributed by atoms with Gasteiger partial charge in [0, 0.05) is 12.8 Å². The summed E-state index contributed by atoms with van der Waals surface area (Å²) in [4.78, 5) is 12.0. The van der Waals surface area contributed by atoms with Crippen molar-refractivity contribution < 1.29 is 9.90 Å². The van der Waals surface area contributed by atoms with E-state index in [0.717, 1.165) is 18.4 Å². The molecule has 1 N–H and O–H groups in total. The number of hydrogen-bond donors (Lipinski definition) is 1. The lowest BCUT2D eigenvalue weighted by Crippen LogP contribution is -2.02. The number of rotatable bonds is 15. The molecule has 0 aliphatic carbocycles. The van der Waals surface area contributed by atoms with E-state index in [1.54, 1.807) is 18.2 Å². The number of aromatic hydroxyl groups is 1. The van der Waals surface area contributed by atoms with E-state index in [1.165, 1.54) is 63.4 Å². The van der Waals surface area contributed by atoms with Gasteiger partial charge in [-0.15, -0.1) is 0 Å². The fourth-order valence-electron chi connectivity index (χ4n) is 3.69. The number of unbranched alkanes of at least 4 members (excludes halogenated alkanes) is 9. The summed E-state index contributed by atoms with van der Waals surface area (Å²) >= 11 is 0. The number of aryl methyl sites for hydroxylation is 1. The molecule has 2 rings (SSSR count). The summed E-state index contributed by atoms with van der Waals surface area (Å²) in [5.41, 5.74) is 2.37. The molecule has 0 unspecified atom stereocenters. The highest BCUT2D eigenvalue weighted by Gasteiger charge is 2.04. The Morgan fingerprint density at radius 2 is 1.21 bits per heavy atom. The minimum atomic E-state index is 0.237. The van der Waals surface area contributed by atoms with E-state index in [1.807, 2.05) is 6.07 Å². The number of hydrogen-bond acceptors (Lipinski definition) is 2. The molecule has 0 bridgehead atoms. The number of carbonyl (C=O) groups is 1. The van der Waals surface area contributed by atoms with Crippen molar-refractivity contribution in [3.63, 3.8) is 0 Å². The Bertz CT molecular complexity index is 663. The predicted molar refractivity (Wildman–Crippen MR) is 118 cm³/mol. The first-order chi connectivity index (χ1) is 13.7. The van der Waals surface area contributed by atoms with Crippen LogP contribution in [0.5, 0.6) is 5.75 Å². The first-order valence-electron chi connectivity index (χ1n) is 11.1. The first kappa shape index (κ1) is 22.2. The Hall–Kier alpha value is -2.09. The van der Waals surface area contributed by atoms with Crippen molar-refractivity contribution in [3.05, 3.63) is 65.7 Å². The van der Waals surface area contributed by atoms with Gasteiger partial charge in [-0.05, 0) is 42.5 Å². The van der Waals surface area contributed by atoms with Gasteiger partial charge in [0.1, 0.15) is 11.5 Å². The van der Waals surface area contributed by atoms with Crippen LogP contribution in [-0.2, 0) is 17.6 Å². The Balaban J connectivity index is 1.35. The highest BCUT2D eigenvalue weighted by Crippen LogP contribution is 2.15. The van der Waals surface area contributed by atoms with Crippen molar-refractivity contribution in [2.45, 2.75) is 83.5 Å². The lowest BCUT2D eigenvalue weighted by atomic mass is 10.0. The van der Waals surface area contributed by atoms with E-state index in [0.29, 0.717) is 12.8 Å². The van der Waals surface area contributed by atoms with Crippen LogP contribution in [-0.4, -0.2) is 10.9 Å². The molecular formula is C26H36O2. The minimum Gasteiger partial charge on any atom is -0.508 e. The smallest absolute Gasteiger partial charge is 0.137 e. The molecular weight excluding hydrogens is 344 g/mol. The van der Waals surface area contributed by atoms with E-state index in [2.05, 4.69) is 30.3 Å². The van der Waals surface area contributed by atoms with Crippen molar-refractivity contribution in [2.24, 2.45) is 0 Å². The van der Waals surface area contributed by atoms with Crippen LogP contribution in [0.15, 0.2) is 54.6 Å². The zero-order valence-electron chi connectivity index (χ0n) is 17.2. The van der Waals surface area contributed by atoms with Gasteiger partial charge >= 0.3 is 0 Å². The number of benzene rings is 2. The van der Waals surface area contributed by atoms with Crippen LogP contribution in [0.3, 0.4) is 0 Å². The molecule has 0 amide bonds. The SMILES string of the molecule is O=C(CCCCCCCCCCCCc1ccccc1)Cc1cccc(O)c1. The van der Waals surface area contributed by atoms with Crippen molar-refractivity contribution >= 4 is 5.78 Å². The topological polar surface area (TPSA) is 37.3 Å². The van der Waals surface area contributed by atoms with Gasteiger partial charge in [0.2, 0.25) is 0 Å². The third kappa shape index (κ3) is 10.3. The summed E-state index contributed by atoms with van der Waals surface area (Å²) < 4.78 is 0. The van der Waals surface area contributed by atoms with E-state index >= 15 is 0 Å². The van der Waals surface area contributed by atoms with Gasteiger partial charge in [-0.3, -0.25) is 4.79 Å². The molecule has 2 aromatic rings. The molecule has 0 saturated heterocycles. The second-order valence-electron chi connectivity index (χ2n) is 7.91. The molecule has 0 spiro atoms. The van der Waals surface area contributed by atoms with Crippen LogP contribution in [0.25, 0.3) is 0 Å². The molecule has 0 aliphatic rings. The molecule has 0 saturated carbocycles. The highest BCUT2D eigenvalue weighted by atomic mass is 16.3. The molecule has 0 atom stereocenters. The highest BCUT2D eigenvalue weighted by molar-refractivity contribution is 5.80. The maximum atomic E-state index is 12.0. The Morgan fingerprint density at radius 3 is 1.86 bits per heavy atom. The summed E-state index contributed by atoms with van der Waals surface area (Å²) in [7, 11) is 0. The van der Waals surface area contributed by atoms with Crippen LogP contribution in [0.4, 0.5) is 0 Å². The Morgan fingerprint density at radius 1 is 0.643 bits per heavy atom. The van der Waals surface area contributed by atoms with Crippen molar-refractivity contribution in [3.8, 4) is 5.75 Å². The van der Waals surface area contributed by atoms with Crippen LogP contribution in [0.1, 0.15) is 81.8 Å². The monoisotopic (exact) mass is 380 g/mol. The number of carbonyl (C=O) groups excluding carboxylic acids is 1. The van der Waals surface area contributed by atoms with Gasteiger partial charge in [-0.25, -0.2) is 0 Å².